The number of aliphatic hydroxyl groups is 2. The number of rotatable bonds is 0. The maximum absolute atomic E-state index is 10.7. The average molecular weight is 290 g/mol. The first-order chi connectivity index (χ1) is 10.0. The first-order valence-corrected chi connectivity index (χ1v) is 9.05. The van der Waals surface area contributed by atoms with Crippen LogP contribution in [0.15, 0.2) is 11.6 Å². The molecular weight excluding hydrogens is 260 g/mol. The van der Waals surface area contributed by atoms with Gasteiger partial charge in [-0.1, -0.05) is 25.5 Å². The zero-order valence-electron chi connectivity index (χ0n) is 13.5. The van der Waals surface area contributed by atoms with Gasteiger partial charge in [0.25, 0.3) is 0 Å². The van der Waals surface area contributed by atoms with Crippen molar-refractivity contribution in [3.63, 3.8) is 0 Å². The van der Waals surface area contributed by atoms with Crippen molar-refractivity contribution in [2.45, 2.75) is 71.0 Å². The molecule has 4 aliphatic rings. The van der Waals surface area contributed by atoms with Gasteiger partial charge in [-0.05, 0) is 80.0 Å². The number of aliphatic hydroxyl groups excluding tert-OH is 2. The van der Waals surface area contributed by atoms with E-state index in [4.69, 9.17) is 0 Å². The fourth-order valence-corrected chi connectivity index (χ4v) is 6.59. The van der Waals surface area contributed by atoms with E-state index in [2.05, 4.69) is 19.9 Å². The summed E-state index contributed by atoms with van der Waals surface area (Å²) in [6.45, 7) is 4.59. The molecule has 3 saturated carbocycles. The van der Waals surface area contributed by atoms with Gasteiger partial charge in [-0.2, -0.15) is 0 Å². The first kappa shape index (κ1) is 14.3. The summed E-state index contributed by atoms with van der Waals surface area (Å²) in [5, 5.41) is 20.6. The van der Waals surface area contributed by atoms with Crippen molar-refractivity contribution < 1.29 is 10.2 Å². The van der Waals surface area contributed by atoms with E-state index in [9.17, 15) is 10.2 Å². The molecule has 2 nitrogen and oxygen atoms in total. The molecule has 0 aromatic heterocycles. The smallest absolute Gasteiger partial charge is 0.0622 e. The largest absolute Gasteiger partial charge is 0.393 e. The standard InChI is InChI=1S/C19H30O2/c1-11-9-17-16-5-3-12-10-13(20)4-6-14(12)15(16)7-8-19(17,2)18(11)21/h3,11,13-18,20-21H,4-10H2,1-2H3/t11-,13-,14-,15?,16?,17?,18+,19-/m0/s1. The lowest BCUT2D eigenvalue weighted by molar-refractivity contribution is -0.0550. The molecule has 0 aliphatic heterocycles. The second-order valence-corrected chi connectivity index (χ2v) is 8.69. The lowest BCUT2D eigenvalue weighted by Crippen LogP contribution is -2.47. The quantitative estimate of drug-likeness (QED) is 0.670. The Kier molecular flexibility index (Phi) is 3.28. The number of allylic oxidation sites excluding steroid dienone is 1. The lowest BCUT2D eigenvalue weighted by atomic mass is 9.53. The Hall–Kier alpha value is -0.340. The van der Waals surface area contributed by atoms with E-state index in [1.807, 2.05) is 0 Å². The van der Waals surface area contributed by atoms with Crippen LogP contribution in [-0.2, 0) is 0 Å². The van der Waals surface area contributed by atoms with Crippen molar-refractivity contribution in [3.05, 3.63) is 11.6 Å². The van der Waals surface area contributed by atoms with Crippen molar-refractivity contribution >= 4 is 0 Å². The van der Waals surface area contributed by atoms with E-state index < -0.39 is 0 Å². The lowest BCUT2D eigenvalue weighted by Gasteiger charge is -2.53. The highest BCUT2D eigenvalue weighted by molar-refractivity contribution is 5.20. The fraction of sp³-hybridized carbons (Fsp3) is 0.895. The highest BCUT2D eigenvalue weighted by Crippen LogP contribution is 2.62. The zero-order valence-corrected chi connectivity index (χ0v) is 13.5. The van der Waals surface area contributed by atoms with Gasteiger partial charge in [0.15, 0.2) is 0 Å². The van der Waals surface area contributed by atoms with E-state index >= 15 is 0 Å². The molecular formula is C19H30O2. The minimum atomic E-state index is -0.0954. The van der Waals surface area contributed by atoms with Crippen LogP contribution in [0, 0.1) is 35.0 Å². The normalized spacial score (nSPS) is 56.2. The fourth-order valence-electron chi connectivity index (χ4n) is 6.59. The van der Waals surface area contributed by atoms with Gasteiger partial charge < -0.3 is 10.2 Å². The summed E-state index contributed by atoms with van der Waals surface area (Å²) in [6.07, 6.45) is 10.3. The molecule has 21 heavy (non-hydrogen) atoms. The molecule has 0 amide bonds. The molecule has 0 bridgehead atoms. The third-order valence-electron chi connectivity index (χ3n) is 7.70. The van der Waals surface area contributed by atoms with Gasteiger partial charge in [-0.25, -0.2) is 0 Å². The third kappa shape index (κ3) is 1.98. The second-order valence-electron chi connectivity index (χ2n) is 8.69. The van der Waals surface area contributed by atoms with Crippen LogP contribution < -0.4 is 0 Å². The molecule has 0 heterocycles. The Balaban J connectivity index is 1.63. The predicted octanol–water partition coefficient (Wildman–Crippen LogP) is 3.53. The summed E-state index contributed by atoms with van der Waals surface area (Å²) in [5.41, 5.74) is 1.73. The maximum Gasteiger partial charge on any atom is 0.0622 e. The molecule has 2 heteroatoms. The van der Waals surface area contributed by atoms with Gasteiger partial charge in [0.2, 0.25) is 0 Å². The molecule has 3 unspecified atom stereocenters. The van der Waals surface area contributed by atoms with Crippen molar-refractivity contribution in [1.29, 1.82) is 0 Å². The van der Waals surface area contributed by atoms with E-state index in [0.29, 0.717) is 11.8 Å². The Bertz CT molecular complexity index is 456. The SMILES string of the molecule is C[C@H]1CC2C3CC=C4C[C@@H](O)CC[C@@H]4C3CC[C@]2(C)[C@@H]1O. The van der Waals surface area contributed by atoms with Crippen molar-refractivity contribution in [1.82, 2.24) is 0 Å². The summed E-state index contributed by atoms with van der Waals surface area (Å²) in [4.78, 5) is 0. The van der Waals surface area contributed by atoms with Crippen LogP contribution >= 0.6 is 0 Å². The van der Waals surface area contributed by atoms with Crippen LogP contribution in [0.25, 0.3) is 0 Å². The zero-order chi connectivity index (χ0) is 14.8. The van der Waals surface area contributed by atoms with Crippen LogP contribution in [0.4, 0.5) is 0 Å². The number of hydrogen-bond acceptors (Lipinski definition) is 2. The molecule has 0 spiro atoms. The third-order valence-corrected chi connectivity index (χ3v) is 7.70. The summed E-state index contributed by atoms with van der Waals surface area (Å²) < 4.78 is 0. The topological polar surface area (TPSA) is 40.5 Å². The molecule has 4 aliphatic carbocycles. The molecule has 118 valence electrons. The van der Waals surface area contributed by atoms with Crippen LogP contribution in [0.3, 0.4) is 0 Å². The van der Waals surface area contributed by atoms with Crippen LogP contribution in [-0.4, -0.2) is 22.4 Å². The van der Waals surface area contributed by atoms with E-state index in [1.165, 1.54) is 32.1 Å². The van der Waals surface area contributed by atoms with Crippen LogP contribution in [0.5, 0.6) is 0 Å². The van der Waals surface area contributed by atoms with E-state index in [1.54, 1.807) is 5.57 Å². The maximum atomic E-state index is 10.7. The molecule has 0 saturated heterocycles. The van der Waals surface area contributed by atoms with E-state index in [-0.39, 0.29) is 17.6 Å². The van der Waals surface area contributed by atoms with Gasteiger partial charge >= 0.3 is 0 Å². The molecule has 3 fully saturated rings. The molecule has 4 rings (SSSR count). The monoisotopic (exact) mass is 290 g/mol. The van der Waals surface area contributed by atoms with Gasteiger partial charge in [-0.15, -0.1) is 0 Å². The molecule has 8 atom stereocenters. The van der Waals surface area contributed by atoms with Gasteiger partial charge in [0.1, 0.15) is 0 Å². The number of fused-ring (bicyclic) bond motifs is 5. The summed E-state index contributed by atoms with van der Waals surface area (Å²) in [5.74, 6) is 3.54. The number of hydrogen-bond donors (Lipinski definition) is 2. The summed E-state index contributed by atoms with van der Waals surface area (Å²) >= 11 is 0. The highest BCUT2D eigenvalue weighted by Gasteiger charge is 2.57. The van der Waals surface area contributed by atoms with Crippen molar-refractivity contribution in [2.24, 2.45) is 35.0 Å². The molecule has 2 N–H and O–H groups in total. The molecule has 0 aromatic rings. The summed E-state index contributed by atoms with van der Waals surface area (Å²) in [7, 11) is 0. The second kappa shape index (κ2) is 4.83. The van der Waals surface area contributed by atoms with Crippen molar-refractivity contribution in [2.75, 3.05) is 0 Å². The Labute approximate surface area is 128 Å². The van der Waals surface area contributed by atoms with Crippen molar-refractivity contribution in [3.8, 4) is 0 Å². The first-order valence-electron chi connectivity index (χ1n) is 9.05. The average Bonchev–Trinajstić information content (AvgIpc) is 2.70. The van der Waals surface area contributed by atoms with Gasteiger partial charge in [0, 0.05) is 0 Å². The van der Waals surface area contributed by atoms with Crippen LogP contribution in [0.1, 0.15) is 58.8 Å². The van der Waals surface area contributed by atoms with Gasteiger partial charge in [-0.3, -0.25) is 0 Å². The summed E-state index contributed by atoms with van der Waals surface area (Å²) in [6, 6.07) is 0. The van der Waals surface area contributed by atoms with Crippen LogP contribution in [0.2, 0.25) is 0 Å². The Morgan fingerprint density at radius 2 is 1.95 bits per heavy atom. The van der Waals surface area contributed by atoms with Gasteiger partial charge in [0.05, 0.1) is 12.2 Å². The molecule has 0 radical (unpaired) electrons. The highest BCUT2D eigenvalue weighted by atomic mass is 16.3. The minimum absolute atomic E-state index is 0.0915. The Morgan fingerprint density at radius 3 is 2.76 bits per heavy atom. The Morgan fingerprint density at radius 1 is 1.14 bits per heavy atom. The predicted molar refractivity (Wildman–Crippen MR) is 83.6 cm³/mol. The molecule has 0 aromatic carbocycles. The minimum Gasteiger partial charge on any atom is -0.393 e. The van der Waals surface area contributed by atoms with E-state index in [0.717, 1.165) is 30.6 Å².